The van der Waals surface area contributed by atoms with Crippen LogP contribution in [0.2, 0.25) is 0 Å². The number of ether oxygens (including phenoxy) is 1. The van der Waals surface area contributed by atoms with Crippen molar-refractivity contribution in [2.24, 2.45) is 0 Å². The first kappa shape index (κ1) is 20.9. The Morgan fingerprint density at radius 3 is 2.45 bits per heavy atom. The molecule has 1 unspecified atom stereocenters. The van der Waals surface area contributed by atoms with E-state index in [1.165, 1.54) is 0 Å². The van der Waals surface area contributed by atoms with Gasteiger partial charge < -0.3 is 4.74 Å². The molecule has 0 amide bonds. The van der Waals surface area contributed by atoms with Crippen molar-refractivity contribution in [3.8, 4) is 16.9 Å². The summed E-state index contributed by atoms with van der Waals surface area (Å²) < 4.78 is 34.0. The standard InChI is InChI=1S/C21H24N4O3S/c1-14-9-21(15(2)8-20(14)18-11-23-17(4)24-12-18)29(26,27)25-10-16(3)28-19-6-5-7-22-13-19/h5-9,11-13,16,25H,10H2,1-4H3. The molecule has 0 bridgehead atoms. The number of benzene rings is 1. The van der Waals surface area contributed by atoms with E-state index in [2.05, 4.69) is 19.7 Å². The molecule has 1 atom stereocenters. The zero-order valence-corrected chi connectivity index (χ0v) is 17.7. The Kier molecular flexibility index (Phi) is 6.24. The number of aromatic nitrogens is 3. The number of nitrogens with zero attached hydrogens (tertiary/aromatic N) is 3. The van der Waals surface area contributed by atoms with Gasteiger partial charge in [0.15, 0.2) is 0 Å². The lowest BCUT2D eigenvalue weighted by atomic mass is 10.0. The van der Waals surface area contributed by atoms with Gasteiger partial charge in [-0.2, -0.15) is 0 Å². The topological polar surface area (TPSA) is 94.1 Å². The summed E-state index contributed by atoms with van der Waals surface area (Å²) in [4.78, 5) is 12.7. The van der Waals surface area contributed by atoms with Crippen LogP contribution in [0, 0.1) is 20.8 Å². The van der Waals surface area contributed by atoms with E-state index in [0.29, 0.717) is 17.1 Å². The van der Waals surface area contributed by atoms with Crippen molar-refractivity contribution in [3.05, 3.63) is 66.0 Å². The number of nitrogens with one attached hydrogen (secondary N) is 1. The summed E-state index contributed by atoms with van der Waals surface area (Å²) in [5, 5.41) is 0. The molecule has 29 heavy (non-hydrogen) atoms. The molecule has 1 N–H and O–H groups in total. The van der Waals surface area contributed by atoms with E-state index in [-0.39, 0.29) is 17.5 Å². The number of rotatable bonds is 7. The lowest BCUT2D eigenvalue weighted by Gasteiger charge is -2.17. The number of pyridine rings is 1. The van der Waals surface area contributed by atoms with Crippen molar-refractivity contribution < 1.29 is 13.2 Å². The van der Waals surface area contributed by atoms with Gasteiger partial charge in [-0.25, -0.2) is 23.1 Å². The quantitative estimate of drug-likeness (QED) is 0.640. The molecule has 3 aromatic rings. The maximum absolute atomic E-state index is 12.9. The smallest absolute Gasteiger partial charge is 0.240 e. The number of aryl methyl sites for hydroxylation is 3. The van der Waals surface area contributed by atoms with Gasteiger partial charge in [0.05, 0.1) is 11.1 Å². The maximum atomic E-state index is 12.9. The Hall–Kier alpha value is -2.84. The minimum atomic E-state index is -3.68. The third kappa shape index (κ3) is 5.16. The molecule has 0 radical (unpaired) electrons. The van der Waals surface area contributed by atoms with Gasteiger partial charge in [0, 0.05) is 30.7 Å². The predicted molar refractivity (Wildman–Crippen MR) is 111 cm³/mol. The zero-order chi connectivity index (χ0) is 21.0. The van der Waals surface area contributed by atoms with Crippen LogP contribution in [0.15, 0.2) is 53.9 Å². The van der Waals surface area contributed by atoms with Crippen molar-refractivity contribution in [1.29, 1.82) is 0 Å². The first-order valence-electron chi connectivity index (χ1n) is 9.23. The second-order valence-electron chi connectivity index (χ2n) is 6.92. The Balaban J connectivity index is 1.76. The van der Waals surface area contributed by atoms with Gasteiger partial charge in [0.25, 0.3) is 0 Å². The van der Waals surface area contributed by atoms with Crippen LogP contribution >= 0.6 is 0 Å². The van der Waals surface area contributed by atoms with Crippen molar-refractivity contribution >= 4 is 10.0 Å². The van der Waals surface area contributed by atoms with Crippen LogP contribution in [0.5, 0.6) is 5.75 Å². The van der Waals surface area contributed by atoms with E-state index >= 15 is 0 Å². The molecule has 7 nitrogen and oxygen atoms in total. The molecule has 152 valence electrons. The largest absolute Gasteiger partial charge is 0.488 e. The molecule has 2 heterocycles. The van der Waals surface area contributed by atoms with Gasteiger partial charge in [-0.15, -0.1) is 0 Å². The van der Waals surface area contributed by atoms with Crippen molar-refractivity contribution in [3.63, 3.8) is 0 Å². The second-order valence-corrected chi connectivity index (χ2v) is 8.66. The lowest BCUT2D eigenvalue weighted by Crippen LogP contribution is -2.34. The molecule has 2 aromatic heterocycles. The van der Waals surface area contributed by atoms with Gasteiger partial charge in [-0.05, 0) is 68.7 Å². The van der Waals surface area contributed by atoms with E-state index < -0.39 is 10.0 Å². The summed E-state index contributed by atoms with van der Waals surface area (Å²) in [6.07, 6.45) is 6.38. The average Bonchev–Trinajstić information content (AvgIpc) is 2.69. The Morgan fingerprint density at radius 1 is 1.07 bits per heavy atom. The molecule has 0 saturated carbocycles. The number of hydrogen-bond acceptors (Lipinski definition) is 6. The molecular formula is C21H24N4O3S. The van der Waals surface area contributed by atoms with E-state index in [4.69, 9.17) is 4.74 Å². The van der Waals surface area contributed by atoms with Crippen molar-refractivity contribution in [2.45, 2.75) is 38.7 Å². The highest BCUT2D eigenvalue weighted by atomic mass is 32.2. The summed E-state index contributed by atoms with van der Waals surface area (Å²) >= 11 is 0. The SMILES string of the molecule is Cc1ncc(-c2cc(C)c(S(=O)(=O)NCC(C)Oc3cccnc3)cc2C)cn1. The van der Waals surface area contributed by atoms with Crippen LogP contribution in [-0.2, 0) is 10.0 Å². The van der Waals surface area contributed by atoms with Crippen molar-refractivity contribution in [1.82, 2.24) is 19.7 Å². The van der Waals surface area contributed by atoms with Crippen molar-refractivity contribution in [2.75, 3.05) is 6.54 Å². The molecule has 8 heteroatoms. The molecule has 0 aliphatic rings. The van der Waals surface area contributed by atoms with Crippen LogP contribution in [0.4, 0.5) is 0 Å². The number of sulfonamides is 1. The molecule has 0 spiro atoms. The van der Waals surface area contributed by atoms with Gasteiger partial charge in [0.2, 0.25) is 10.0 Å². The molecule has 0 aliphatic heterocycles. The van der Waals surface area contributed by atoms with E-state index in [9.17, 15) is 8.42 Å². The molecule has 3 rings (SSSR count). The third-order valence-electron chi connectivity index (χ3n) is 4.44. The first-order valence-corrected chi connectivity index (χ1v) is 10.7. The maximum Gasteiger partial charge on any atom is 0.240 e. The highest BCUT2D eigenvalue weighted by Crippen LogP contribution is 2.28. The molecule has 1 aromatic carbocycles. The summed E-state index contributed by atoms with van der Waals surface area (Å²) in [5.74, 6) is 1.28. The van der Waals surface area contributed by atoms with E-state index in [0.717, 1.165) is 16.7 Å². The van der Waals surface area contributed by atoms with Crippen LogP contribution in [0.3, 0.4) is 0 Å². The Morgan fingerprint density at radius 2 is 1.79 bits per heavy atom. The van der Waals surface area contributed by atoms with Gasteiger partial charge in [-0.3, -0.25) is 4.98 Å². The van der Waals surface area contributed by atoms with E-state index in [1.54, 1.807) is 56.8 Å². The number of hydrogen-bond donors (Lipinski definition) is 1. The third-order valence-corrected chi connectivity index (χ3v) is 6.00. The van der Waals surface area contributed by atoms with Crippen LogP contribution in [-0.4, -0.2) is 36.0 Å². The van der Waals surface area contributed by atoms with Crippen LogP contribution in [0.1, 0.15) is 23.9 Å². The van der Waals surface area contributed by atoms with Crippen LogP contribution in [0.25, 0.3) is 11.1 Å². The minimum absolute atomic E-state index is 0.142. The molecule has 0 aliphatic carbocycles. The lowest BCUT2D eigenvalue weighted by molar-refractivity contribution is 0.224. The highest BCUT2D eigenvalue weighted by molar-refractivity contribution is 7.89. The molecule has 0 saturated heterocycles. The fourth-order valence-corrected chi connectivity index (χ4v) is 4.34. The van der Waals surface area contributed by atoms with Gasteiger partial charge in [0.1, 0.15) is 17.7 Å². The normalized spacial score (nSPS) is 12.6. The minimum Gasteiger partial charge on any atom is -0.488 e. The zero-order valence-electron chi connectivity index (χ0n) is 16.9. The van der Waals surface area contributed by atoms with E-state index in [1.807, 2.05) is 19.9 Å². The summed E-state index contributed by atoms with van der Waals surface area (Å²) in [6.45, 7) is 7.42. The van der Waals surface area contributed by atoms with Gasteiger partial charge in [-0.1, -0.05) is 0 Å². The fourth-order valence-electron chi connectivity index (χ4n) is 2.92. The highest BCUT2D eigenvalue weighted by Gasteiger charge is 2.20. The summed E-state index contributed by atoms with van der Waals surface area (Å²) in [7, 11) is -3.68. The summed E-state index contributed by atoms with van der Waals surface area (Å²) in [6, 6.07) is 7.07. The average molecular weight is 413 g/mol. The Labute approximate surface area is 171 Å². The summed E-state index contributed by atoms with van der Waals surface area (Å²) in [5.41, 5.74) is 3.25. The first-order chi connectivity index (χ1) is 13.8. The second kappa shape index (κ2) is 8.67. The molecule has 0 fully saturated rings. The van der Waals surface area contributed by atoms with Crippen LogP contribution < -0.4 is 9.46 Å². The Bertz CT molecular complexity index is 1080. The monoisotopic (exact) mass is 412 g/mol. The molecular weight excluding hydrogens is 388 g/mol. The predicted octanol–water partition coefficient (Wildman–Crippen LogP) is 3.21. The fraction of sp³-hybridized carbons (Fsp3) is 0.286. The van der Waals surface area contributed by atoms with Gasteiger partial charge >= 0.3 is 0 Å².